The lowest BCUT2D eigenvalue weighted by Crippen LogP contribution is -2.31. The van der Waals surface area contributed by atoms with Crippen LogP contribution in [0.5, 0.6) is 0 Å². The van der Waals surface area contributed by atoms with Gasteiger partial charge in [-0.2, -0.15) is 0 Å². The zero-order chi connectivity index (χ0) is 12.0. The third-order valence-corrected chi connectivity index (χ3v) is 4.11. The van der Waals surface area contributed by atoms with E-state index in [0.29, 0.717) is 11.5 Å². The maximum Gasteiger partial charge on any atom is 0.00106 e. The Morgan fingerprint density at radius 2 is 1.88 bits per heavy atom. The zero-order valence-corrected chi connectivity index (χ0v) is 11.8. The Bertz CT molecular complexity index is 182. The molecule has 0 spiro atoms. The van der Waals surface area contributed by atoms with Gasteiger partial charge in [0.15, 0.2) is 0 Å². The summed E-state index contributed by atoms with van der Waals surface area (Å²) in [7, 11) is 0. The summed E-state index contributed by atoms with van der Waals surface area (Å²) in [6.45, 7) is 10.4. The molecule has 16 heavy (non-hydrogen) atoms. The van der Waals surface area contributed by atoms with Gasteiger partial charge >= 0.3 is 0 Å². The van der Waals surface area contributed by atoms with Gasteiger partial charge in [-0.05, 0) is 30.6 Å². The van der Waals surface area contributed by atoms with Gasteiger partial charge in [0.2, 0.25) is 0 Å². The van der Waals surface area contributed by atoms with Crippen molar-refractivity contribution >= 4 is 0 Å². The molecule has 0 aromatic heterocycles. The van der Waals surface area contributed by atoms with Gasteiger partial charge in [0, 0.05) is 12.6 Å². The van der Waals surface area contributed by atoms with Crippen molar-refractivity contribution in [1.29, 1.82) is 0 Å². The van der Waals surface area contributed by atoms with Crippen molar-refractivity contribution in [3.05, 3.63) is 0 Å². The molecule has 1 atom stereocenters. The van der Waals surface area contributed by atoms with E-state index < -0.39 is 0 Å². The highest BCUT2D eigenvalue weighted by Crippen LogP contribution is 2.51. The normalized spacial score (nSPS) is 20.1. The molecule has 0 aliphatic heterocycles. The topological polar surface area (TPSA) is 12.0 Å². The summed E-state index contributed by atoms with van der Waals surface area (Å²) in [5.74, 6) is 0.983. The molecule has 0 saturated heterocycles. The highest BCUT2D eigenvalue weighted by molar-refractivity contribution is 4.96. The van der Waals surface area contributed by atoms with Gasteiger partial charge < -0.3 is 5.32 Å². The van der Waals surface area contributed by atoms with Crippen molar-refractivity contribution in [3.8, 4) is 0 Å². The molecule has 1 fully saturated rings. The van der Waals surface area contributed by atoms with Crippen molar-refractivity contribution < 1.29 is 0 Å². The first-order chi connectivity index (χ1) is 7.62. The van der Waals surface area contributed by atoms with Crippen LogP contribution < -0.4 is 5.32 Å². The third kappa shape index (κ3) is 4.86. The lowest BCUT2D eigenvalue weighted by molar-refractivity contribution is 0.304. The molecule has 1 nitrogen and oxygen atoms in total. The Hall–Kier alpha value is -0.0400. The molecule has 0 bridgehead atoms. The van der Waals surface area contributed by atoms with Crippen molar-refractivity contribution in [2.45, 2.75) is 78.7 Å². The van der Waals surface area contributed by atoms with Crippen LogP contribution in [-0.2, 0) is 0 Å². The molecule has 96 valence electrons. The molecule has 1 heteroatoms. The summed E-state index contributed by atoms with van der Waals surface area (Å²) in [5, 5.41) is 3.63. The average molecular weight is 225 g/mol. The van der Waals surface area contributed by atoms with E-state index in [0.717, 1.165) is 5.92 Å². The van der Waals surface area contributed by atoms with E-state index in [2.05, 4.69) is 33.0 Å². The third-order valence-electron chi connectivity index (χ3n) is 4.11. The predicted octanol–water partition coefficient (Wildman–Crippen LogP) is 4.37. The second-order valence-electron chi connectivity index (χ2n) is 6.16. The Balaban J connectivity index is 2.27. The molecule has 1 unspecified atom stereocenters. The summed E-state index contributed by atoms with van der Waals surface area (Å²) in [4.78, 5) is 0. The number of hydrogen-bond donors (Lipinski definition) is 1. The Kier molecular flexibility index (Phi) is 5.82. The maximum atomic E-state index is 3.63. The van der Waals surface area contributed by atoms with Crippen LogP contribution in [0.3, 0.4) is 0 Å². The smallest absolute Gasteiger partial charge is 0.00106 e. The molecule has 1 N–H and O–H groups in total. The van der Waals surface area contributed by atoms with E-state index in [1.54, 1.807) is 0 Å². The van der Waals surface area contributed by atoms with Crippen LogP contribution in [0.1, 0.15) is 72.6 Å². The van der Waals surface area contributed by atoms with Crippen LogP contribution >= 0.6 is 0 Å². The zero-order valence-electron chi connectivity index (χ0n) is 11.8. The number of nitrogens with one attached hydrogen (secondary N) is 1. The number of hydrogen-bond acceptors (Lipinski definition) is 1. The van der Waals surface area contributed by atoms with Crippen LogP contribution in [0.15, 0.2) is 0 Å². The minimum atomic E-state index is 0.646. The second kappa shape index (κ2) is 6.64. The fourth-order valence-corrected chi connectivity index (χ4v) is 2.61. The molecule has 1 saturated carbocycles. The number of rotatable bonds is 9. The molecule has 0 aromatic carbocycles. The van der Waals surface area contributed by atoms with Gasteiger partial charge in [0.1, 0.15) is 0 Å². The summed E-state index contributed by atoms with van der Waals surface area (Å²) in [6, 6.07) is 0.646. The number of unbranched alkanes of at least 4 members (excludes halogenated alkanes) is 1. The highest BCUT2D eigenvalue weighted by Gasteiger charge is 2.43. The van der Waals surface area contributed by atoms with Crippen molar-refractivity contribution in [1.82, 2.24) is 5.32 Å². The molecule has 0 heterocycles. The monoisotopic (exact) mass is 225 g/mol. The fourth-order valence-electron chi connectivity index (χ4n) is 2.61. The first-order valence-electron chi connectivity index (χ1n) is 7.35. The molecule has 1 rings (SSSR count). The van der Waals surface area contributed by atoms with Gasteiger partial charge in [0.05, 0.1) is 0 Å². The van der Waals surface area contributed by atoms with Crippen LogP contribution in [0.2, 0.25) is 0 Å². The van der Waals surface area contributed by atoms with Crippen LogP contribution in [0, 0.1) is 11.3 Å². The molecule has 0 radical (unpaired) electrons. The fraction of sp³-hybridized carbons (Fsp3) is 1.00. The van der Waals surface area contributed by atoms with Crippen molar-refractivity contribution in [2.24, 2.45) is 11.3 Å². The summed E-state index contributed by atoms with van der Waals surface area (Å²) in [6.07, 6.45) is 10.0. The van der Waals surface area contributed by atoms with Gasteiger partial charge in [-0.3, -0.25) is 0 Å². The summed E-state index contributed by atoms with van der Waals surface area (Å²) in [5.41, 5.74) is 0.693. The molecule has 0 amide bonds. The lowest BCUT2D eigenvalue weighted by Gasteiger charge is -2.23. The van der Waals surface area contributed by atoms with Gasteiger partial charge in [-0.1, -0.05) is 53.4 Å². The maximum absolute atomic E-state index is 3.63. The standard InChI is InChI=1S/C15H31N/c1-5-7-8-14(6-2)11-15(9-10-15)12-16-13(3)4/h13-14,16H,5-12H2,1-4H3. The van der Waals surface area contributed by atoms with E-state index in [1.807, 2.05) is 0 Å². The van der Waals surface area contributed by atoms with E-state index in [4.69, 9.17) is 0 Å². The SMILES string of the molecule is CCCCC(CC)CC1(CNC(C)C)CC1. The first kappa shape index (κ1) is 14.0. The second-order valence-corrected chi connectivity index (χ2v) is 6.16. The lowest BCUT2D eigenvalue weighted by atomic mass is 9.86. The van der Waals surface area contributed by atoms with E-state index in [-0.39, 0.29) is 0 Å². The van der Waals surface area contributed by atoms with Crippen molar-refractivity contribution in [3.63, 3.8) is 0 Å². The Morgan fingerprint density at radius 1 is 1.19 bits per heavy atom. The quantitative estimate of drug-likeness (QED) is 0.614. The largest absolute Gasteiger partial charge is 0.314 e. The first-order valence-corrected chi connectivity index (χ1v) is 7.35. The van der Waals surface area contributed by atoms with Gasteiger partial charge in [-0.15, -0.1) is 0 Å². The van der Waals surface area contributed by atoms with Gasteiger partial charge in [0.25, 0.3) is 0 Å². The van der Waals surface area contributed by atoms with E-state index in [1.165, 1.54) is 51.5 Å². The minimum Gasteiger partial charge on any atom is -0.314 e. The predicted molar refractivity (Wildman–Crippen MR) is 72.7 cm³/mol. The Labute approximate surface area is 102 Å². The average Bonchev–Trinajstić information content (AvgIpc) is 3.02. The molecule has 1 aliphatic carbocycles. The van der Waals surface area contributed by atoms with Gasteiger partial charge in [-0.25, -0.2) is 0 Å². The molecular weight excluding hydrogens is 194 g/mol. The molecule has 1 aliphatic rings. The molecule has 0 aromatic rings. The minimum absolute atomic E-state index is 0.646. The molecular formula is C15H31N. The highest BCUT2D eigenvalue weighted by atomic mass is 14.9. The van der Waals surface area contributed by atoms with Crippen LogP contribution in [0.4, 0.5) is 0 Å². The summed E-state index contributed by atoms with van der Waals surface area (Å²) >= 11 is 0. The summed E-state index contributed by atoms with van der Waals surface area (Å²) < 4.78 is 0. The van der Waals surface area contributed by atoms with Crippen molar-refractivity contribution in [2.75, 3.05) is 6.54 Å². The van der Waals surface area contributed by atoms with Crippen LogP contribution in [0.25, 0.3) is 0 Å². The van der Waals surface area contributed by atoms with Crippen LogP contribution in [-0.4, -0.2) is 12.6 Å². The van der Waals surface area contributed by atoms with E-state index in [9.17, 15) is 0 Å². The Morgan fingerprint density at radius 3 is 2.31 bits per heavy atom. The van der Waals surface area contributed by atoms with E-state index >= 15 is 0 Å².